The minimum Gasteiger partial charge on any atom is -0.479 e. The van der Waals surface area contributed by atoms with E-state index in [1.165, 1.54) is 6.26 Å². The normalized spacial score (nSPS) is 36.1. The van der Waals surface area contributed by atoms with Gasteiger partial charge in [-0.25, -0.2) is 56.2 Å². The highest BCUT2D eigenvalue weighted by Gasteiger charge is 2.65. The molecule has 0 amide bonds. The molecule has 0 aliphatic carbocycles. The number of ether oxygens (including phenoxy) is 17. The second-order valence-electron chi connectivity index (χ2n) is 23.6. The lowest BCUT2D eigenvalue weighted by Gasteiger charge is -2.51. The van der Waals surface area contributed by atoms with E-state index in [1.807, 2.05) is 0 Å². The zero-order chi connectivity index (χ0) is 91.8. The van der Waals surface area contributed by atoms with E-state index in [1.54, 1.807) is 0 Å². The predicted octanol–water partition coefficient (Wildman–Crippen LogP) is -10.5. The van der Waals surface area contributed by atoms with E-state index >= 15 is 0 Å². The number of carbonyl (C=O) groups is 3. The largest absolute Gasteiger partial charge is 0.479 e. The van der Waals surface area contributed by atoms with Gasteiger partial charge in [0.2, 0.25) is 0 Å². The fraction of sp³-hybridized carbons (Fsp3) is 0.930. The zero-order valence-electron chi connectivity index (χ0n) is 60.3. The maximum atomic E-state index is 13.7. The molecule has 0 bridgehead atoms. The van der Waals surface area contributed by atoms with Crippen LogP contribution in [0.25, 0.3) is 0 Å². The summed E-state index contributed by atoms with van der Waals surface area (Å²) in [6.07, 6.45) is -86.6. The minimum absolute atomic E-state index is 0.372. The van der Waals surface area contributed by atoms with Gasteiger partial charge in [0.15, 0.2) is 98.8 Å². The average molecular weight is 2010 g/mol. The lowest BCUT2D eigenvalue weighted by Crippen LogP contribution is -2.70. The van der Waals surface area contributed by atoms with Gasteiger partial charge < -0.3 is 95.8 Å². The molecule has 6 saturated heterocycles. The van der Waals surface area contributed by atoms with Gasteiger partial charge in [-0.15, -0.1) is 4.33 Å². The molecule has 0 saturated carbocycles. The molecule has 0 aromatic heterocycles. The molecule has 30 atom stereocenters. The smallest absolute Gasteiger partial charge is 0.397 e. The van der Waals surface area contributed by atoms with Gasteiger partial charge in [0.25, 0.3) is 0 Å². The first kappa shape index (κ1) is 106. The van der Waals surface area contributed by atoms with Gasteiger partial charge in [-0.05, 0) is 10.1 Å². The Morgan fingerprint density at radius 3 is 0.727 bits per heavy atom. The van der Waals surface area contributed by atoms with E-state index in [9.17, 15) is 159 Å². The Morgan fingerprint density at radius 2 is 0.479 bits per heavy atom. The van der Waals surface area contributed by atoms with E-state index in [2.05, 4.69) is 52.1 Å². The van der Waals surface area contributed by atoms with Crippen LogP contribution in [-0.2, 0) is 260 Å². The van der Waals surface area contributed by atoms with Crippen molar-refractivity contribution in [2.75, 3.05) is 68.7 Å². The average Bonchev–Trinajstić information content (AvgIpc) is 0.754. The summed E-state index contributed by atoms with van der Waals surface area (Å²) in [6, 6.07) is 0. The molecule has 6 aliphatic heterocycles. The minimum atomic E-state index is -6.61. The fourth-order valence-electron chi connectivity index (χ4n) is 12.1. The van der Waals surface area contributed by atoms with Crippen molar-refractivity contribution in [1.82, 2.24) is 0 Å². The topological polar surface area (TPSA) is 942 Å². The van der Waals surface area contributed by atoms with E-state index in [0.29, 0.717) is 47.6 Å². The highest BCUT2D eigenvalue weighted by molar-refractivity contribution is 7.93. The first-order chi connectivity index (χ1) is 55.4. The molecule has 6 fully saturated rings. The van der Waals surface area contributed by atoms with Gasteiger partial charge >= 0.3 is 122 Å². The molecule has 13 N–H and O–H groups in total. The number of rotatable bonds is 47. The molecular formula is C43H70O67S11. The molecule has 6 heterocycles. The van der Waals surface area contributed by atoms with Crippen LogP contribution < -0.4 is 0 Å². The molecule has 67 nitrogen and oxygen atoms in total. The summed E-state index contributed by atoms with van der Waals surface area (Å²) in [5.74, 6) is -7.25. The van der Waals surface area contributed by atoms with Gasteiger partial charge in [-0.3, -0.25) is 45.5 Å². The van der Waals surface area contributed by atoms with Crippen LogP contribution >= 0.6 is 12.0 Å². The Balaban J connectivity index is 1.52. The fourth-order valence-corrected chi connectivity index (χ4v) is 16.5. The molecule has 6 aliphatic rings. The van der Waals surface area contributed by atoms with Crippen LogP contribution in [0.1, 0.15) is 0 Å². The van der Waals surface area contributed by atoms with E-state index in [0.717, 1.165) is 7.11 Å². The SMILES string of the molecule is COC1C(OS(=O)(=O)O)[C@@H](O[C@H]2C(OC)C(OS(=O)(=O)O)[C@@H](O[C@H]3C(COS(=O)(=O)O)O[C@@H](O[C@H]4C(C(=O)O)O[C@@H](O[C@@H]5C(COS(=O)(=O)O)O[C@H](OC)C(OS(=O)(=O)O)C5OC)[C@@H](OS(=O)(=O)O)C4OC)C(OS(=O)(=O)O)[C@H]3OS(=O)(=O)O)O[C@H]2C(=O)O)OC(COS(=O)(=O)O)[C@H]1O[C@@H]1OC(C(=O)O)[C@H](OOOOSC)C(OC)[C@@H]1OS(=O)(=O)O. The Morgan fingerprint density at radius 1 is 0.264 bits per heavy atom. The van der Waals surface area contributed by atoms with Crippen molar-refractivity contribution >= 4 is 134 Å². The van der Waals surface area contributed by atoms with Crippen LogP contribution in [0, 0.1) is 0 Å². The third kappa shape index (κ3) is 31.8. The van der Waals surface area contributed by atoms with Crippen molar-refractivity contribution in [3.63, 3.8) is 0 Å². The Bertz CT molecular complexity index is 4690. The highest BCUT2D eigenvalue weighted by atomic mass is 32.3. The quantitative estimate of drug-likeness (QED) is 0.00885. The summed E-state index contributed by atoms with van der Waals surface area (Å²) < 4.78 is 494. The maximum absolute atomic E-state index is 13.7. The van der Waals surface area contributed by atoms with Crippen LogP contribution in [0.3, 0.4) is 0 Å². The molecule has 0 radical (unpaired) electrons. The lowest BCUT2D eigenvalue weighted by molar-refractivity contribution is -0.620. The molecule has 6 rings (SSSR count). The second-order valence-corrected chi connectivity index (χ2v) is 34.7. The molecule has 78 heteroatoms. The van der Waals surface area contributed by atoms with Crippen molar-refractivity contribution in [2.24, 2.45) is 0 Å². The van der Waals surface area contributed by atoms with Gasteiger partial charge in [-0.2, -0.15) is 89.1 Å². The summed E-state index contributed by atoms with van der Waals surface area (Å²) in [5, 5.41) is 40.4. The van der Waals surface area contributed by atoms with Crippen molar-refractivity contribution in [3.05, 3.63) is 0 Å². The van der Waals surface area contributed by atoms with Gasteiger partial charge in [0.05, 0.1) is 19.8 Å². The van der Waals surface area contributed by atoms with E-state index < -0.39 is 326 Å². The van der Waals surface area contributed by atoms with Crippen molar-refractivity contribution in [2.45, 2.75) is 184 Å². The molecule has 0 spiro atoms. The van der Waals surface area contributed by atoms with Crippen LogP contribution in [0.15, 0.2) is 0 Å². The van der Waals surface area contributed by atoms with Crippen molar-refractivity contribution in [3.8, 4) is 0 Å². The summed E-state index contributed by atoms with van der Waals surface area (Å²) in [5.41, 5.74) is 0. The lowest BCUT2D eigenvalue weighted by atomic mass is 9.94. The van der Waals surface area contributed by atoms with Gasteiger partial charge in [0.1, 0.15) is 85.5 Å². The first-order valence-corrected chi connectivity index (χ1v) is 45.9. The molecular weight excluding hydrogens is 1940 g/mol. The van der Waals surface area contributed by atoms with Crippen LogP contribution in [0.5, 0.6) is 0 Å². The molecule has 121 heavy (non-hydrogen) atoms. The molecule has 14 unspecified atom stereocenters. The number of hydrogen-bond donors (Lipinski definition) is 13. The van der Waals surface area contributed by atoms with Gasteiger partial charge in [0, 0.05) is 61.0 Å². The molecule has 0 aromatic carbocycles. The summed E-state index contributed by atoms with van der Waals surface area (Å²) in [6.45, 7) is -5.56. The third-order valence-electron chi connectivity index (χ3n) is 16.1. The number of carboxylic acid groups (broad SMARTS) is 3. The standard InChI is InChI=1S/C43H70O67S11/c1-80-17-14(11(8-86-112(50,51)52)89-38(85-6)29(17)102-116(62,63)64)92-41-31(104-118(68,69)70)20(83-4)23(27(97-41)36(46)47)96-40-34(107-121(77,78)79)25(101-115(59,60)61)16(13(91-40)10-88-114(56,57)58)94-42-32(105-119(71,72)73)19(82-3)22(26(98-42)35(44)45)95-39-30(103-117(65,66)67)18(81-2)15(12(90-39)9-87-113(53,54)55)93-43-33(106-120(74,75)76)21(84-5)24(28(99-43)37(48)49)100-108-109-110-111-7/h11-34,38-43H,8-10H2,1-7H3,(H,44,45)(H,46,47)(H,48,49)(H,50,51,52)(H,53,54,55)(H,56,57,58)(H,59,60,61)(H,62,63,64)(H,65,66,67)(H,68,69,70)(H,71,72,73)(H,74,75,76)(H,77,78,79)/t11?,12?,13?,14-,15-,16+,17?,18?,19?,20?,21?,22+,23-,24-,25+,26-,27?,28?,29?,30?,31+,32?,33+,34?,38+,39-,40+,41-,42+,43-/m1/s1. The Kier molecular flexibility index (Phi) is 37.7. The Hall–Kier alpha value is -3.38. The van der Waals surface area contributed by atoms with Crippen molar-refractivity contribution in [1.29, 1.82) is 0 Å². The summed E-state index contributed by atoms with van der Waals surface area (Å²) in [7, 11) is -57.9. The monoisotopic (exact) mass is 2010 g/mol. The first-order valence-electron chi connectivity index (χ1n) is 31.1. The van der Waals surface area contributed by atoms with E-state index in [-0.39, 0.29) is 0 Å². The number of carboxylic acids is 3. The third-order valence-corrected chi connectivity index (χ3v) is 20.8. The summed E-state index contributed by atoms with van der Waals surface area (Å²) >= 11 is 0.428. The summed E-state index contributed by atoms with van der Waals surface area (Å²) in [4.78, 5) is 44.7. The van der Waals surface area contributed by atoms with Crippen LogP contribution in [0.4, 0.5) is 0 Å². The molecule has 710 valence electrons. The van der Waals surface area contributed by atoms with Gasteiger partial charge in [-0.1, -0.05) is 0 Å². The zero-order valence-corrected chi connectivity index (χ0v) is 69.3. The van der Waals surface area contributed by atoms with Crippen LogP contribution in [-0.4, -0.2) is 416 Å². The van der Waals surface area contributed by atoms with Crippen molar-refractivity contribution < 1.29 is 301 Å². The van der Waals surface area contributed by atoms with E-state index in [4.69, 9.17) is 89.6 Å². The number of aliphatic carboxylic acids is 3. The second kappa shape index (κ2) is 42.9. The highest BCUT2D eigenvalue weighted by Crippen LogP contribution is 2.43. The Labute approximate surface area is 684 Å². The van der Waals surface area contributed by atoms with Crippen LogP contribution in [0.2, 0.25) is 0 Å². The number of hydrogen-bond acceptors (Lipinski definition) is 55. The number of methoxy groups -OCH3 is 6. The maximum Gasteiger partial charge on any atom is 0.397 e. The molecule has 0 aromatic rings. The predicted molar refractivity (Wildman–Crippen MR) is 349 cm³/mol.